The molecule has 1 rings (SSSR count). The van der Waals surface area contributed by atoms with Gasteiger partial charge in [-0.2, -0.15) is 0 Å². The van der Waals surface area contributed by atoms with Crippen LogP contribution >= 0.6 is 12.4 Å². The molecular weight excluding hydrogens is 290 g/mol. The second-order valence-corrected chi connectivity index (χ2v) is 4.75. The number of nitrogens with one attached hydrogen (secondary N) is 2. The maximum Gasteiger partial charge on any atom is 0.239 e. The lowest BCUT2D eigenvalue weighted by molar-refractivity contribution is -0.126. The van der Waals surface area contributed by atoms with Crippen molar-refractivity contribution >= 4 is 24.2 Å². The summed E-state index contributed by atoms with van der Waals surface area (Å²) in [5.41, 5.74) is 7.64. The van der Waals surface area contributed by atoms with Crippen molar-refractivity contribution in [1.82, 2.24) is 10.6 Å². The predicted molar refractivity (Wildman–Crippen MR) is 86.4 cm³/mol. The van der Waals surface area contributed by atoms with E-state index < -0.39 is 0 Å². The molecule has 21 heavy (non-hydrogen) atoms. The van der Waals surface area contributed by atoms with Gasteiger partial charge in [-0.05, 0) is 31.9 Å². The molecule has 5 nitrogen and oxygen atoms in total. The fourth-order valence-electron chi connectivity index (χ4n) is 1.67. The Morgan fingerprint density at radius 2 is 1.76 bits per heavy atom. The van der Waals surface area contributed by atoms with Crippen molar-refractivity contribution in [2.24, 2.45) is 5.73 Å². The fourth-order valence-corrected chi connectivity index (χ4v) is 1.67. The van der Waals surface area contributed by atoms with Gasteiger partial charge in [-0.3, -0.25) is 9.59 Å². The average Bonchev–Trinajstić information content (AvgIpc) is 2.45. The Labute approximate surface area is 132 Å². The molecular formula is C15H24ClN3O2. The quantitative estimate of drug-likeness (QED) is 0.624. The number of hydrogen-bond donors (Lipinski definition) is 3. The van der Waals surface area contributed by atoms with Crippen LogP contribution in [-0.2, 0) is 16.0 Å². The van der Waals surface area contributed by atoms with Crippen molar-refractivity contribution in [2.45, 2.75) is 26.2 Å². The molecule has 0 heterocycles. The molecule has 118 valence electrons. The first-order valence-electron chi connectivity index (χ1n) is 6.91. The minimum Gasteiger partial charge on any atom is -0.355 e. The molecule has 0 spiro atoms. The van der Waals surface area contributed by atoms with Gasteiger partial charge in [0.2, 0.25) is 11.8 Å². The van der Waals surface area contributed by atoms with Crippen molar-refractivity contribution in [3.05, 3.63) is 35.4 Å². The SMILES string of the molecule is Cc1ccc(CCC(=O)NCC(=O)NCCCN)cc1.Cl. The van der Waals surface area contributed by atoms with Crippen LogP contribution in [-0.4, -0.2) is 31.4 Å². The largest absolute Gasteiger partial charge is 0.355 e. The number of amides is 2. The lowest BCUT2D eigenvalue weighted by atomic mass is 10.1. The highest BCUT2D eigenvalue weighted by Gasteiger charge is 2.05. The maximum absolute atomic E-state index is 11.6. The van der Waals surface area contributed by atoms with Gasteiger partial charge in [0.15, 0.2) is 0 Å². The molecule has 1 aromatic carbocycles. The molecule has 0 aliphatic heterocycles. The highest BCUT2D eigenvalue weighted by atomic mass is 35.5. The van der Waals surface area contributed by atoms with Crippen LogP contribution in [0.15, 0.2) is 24.3 Å². The van der Waals surface area contributed by atoms with Crippen LogP contribution in [0.1, 0.15) is 24.0 Å². The minimum atomic E-state index is -0.179. The highest BCUT2D eigenvalue weighted by Crippen LogP contribution is 2.05. The van der Waals surface area contributed by atoms with Crippen LogP contribution in [0.3, 0.4) is 0 Å². The van der Waals surface area contributed by atoms with Gasteiger partial charge in [0.1, 0.15) is 0 Å². The summed E-state index contributed by atoms with van der Waals surface area (Å²) in [6, 6.07) is 8.08. The third-order valence-electron chi connectivity index (χ3n) is 2.91. The maximum atomic E-state index is 11.6. The second kappa shape index (κ2) is 11.1. The molecule has 0 unspecified atom stereocenters. The zero-order valence-corrected chi connectivity index (χ0v) is 13.2. The molecule has 0 aliphatic carbocycles. The van der Waals surface area contributed by atoms with Crippen molar-refractivity contribution in [1.29, 1.82) is 0 Å². The van der Waals surface area contributed by atoms with E-state index in [1.54, 1.807) is 0 Å². The van der Waals surface area contributed by atoms with Gasteiger partial charge >= 0.3 is 0 Å². The van der Waals surface area contributed by atoms with Gasteiger partial charge in [-0.25, -0.2) is 0 Å². The zero-order valence-electron chi connectivity index (χ0n) is 12.4. The third kappa shape index (κ3) is 9.05. The van der Waals surface area contributed by atoms with Crippen molar-refractivity contribution in [3.63, 3.8) is 0 Å². The summed E-state index contributed by atoms with van der Waals surface area (Å²) in [5, 5.41) is 5.29. The lowest BCUT2D eigenvalue weighted by Crippen LogP contribution is -2.37. The summed E-state index contributed by atoms with van der Waals surface area (Å²) in [6.07, 6.45) is 1.81. The molecule has 6 heteroatoms. The zero-order chi connectivity index (χ0) is 14.8. The Morgan fingerprint density at radius 3 is 2.38 bits per heavy atom. The highest BCUT2D eigenvalue weighted by molar-refractivity contribution is 5.85. The Kier molecular flexibility index (Phi) is 10.3. The van der Waals surface area contributed by atoms with E-state index in [-0.39, 0.29) is 30.8 Å². The van der Waals surface area contributed by atoms with Crippen LogP contribution in [0.2, 0.25) is 0 Å². The van der Waals surface area contributed by atoms with Gasteiger partial charge in [-0.1, -0.05) is 29.8 Å². The Bertz CT molecular complexity index is 435. The van der Waals surface area contributed by atoms with E-state index in [4.69, 9.17) is 5.73 Å². The summed E-state index contributed by atoms with van der Waals surface area (Å²) >= 11 is 0. The molecule has 0 fully saturated rings. The number of rotatable bonds is 8. The van der Waals surface area contributed by atoms with Crippen molar-refractivity contribution < 1.29 is 9.59 Å². The minimum absolute atomic E-state index is 0. The van der Waals surface area contributed by atoms with Gasteiger partial charge in [0, 0.05) is 13.0 Å². The number of carbonyl (C=O) groups excluding carboxylic acids is 2. The van der Waals surface area contributed by atoms with Gasteiger partial charge in [0.05, 0.1) is 6.54 Å². The monoisotopic (exact) mass is 313 g/mol. The first-order valence-corrected chi connectivity index (χ1v) is 6.91. The molecule has 0 aromatic heterocycles. The van der Waals surface area contributed by atoms with Crippen LogP contribution in [0, 0.1) is 6.92 Å². The lowest BCUT2D eigenvalue weighted by Gasteiger charge is -2.06. The van der Waals surface area contributed by atoms with Crippen LogP contribution < -0.4 is 16.4 Å². The number of aryl methyl sites for hydroxylation is 2. The number of halogens is 1. The molecule has 0 atom stereocenters. The summed E-state index contributed by atoms with van der Waals surface area (Å²) in [5.74, 6) is -0.290. The molecule has 2 amide bonds. The second-order valence-electron chi connectivity index (χ2n) is 4.75. The summed E-state index contributed by atoms with van der Waals surface area (Å²) in [6.45, 7) is 3.15. The molecule has 0 aliphatic rings. The molecule has 0 radical (unpaired) electrons. The topological polar surface area (TPSA) is 84.2 Å². The van der Waals surface area contributed by atoms with Crippen LogP contribution in [0.4, 0.5) is 0 Å². The van der Waals surface area contributed by atoms with Gasteiger partial charge in [-0.15, -0.1) is 12.4 Å². The van der Waals surface area contributed by atoms with Crippen LogP contribution in [0.25, 0.3) is 0 Å². The van der Waals surface area contributed by atoms with Crippen LogP contribution in [0.5, 0.6) is 0 Å². The summed E-state index contributed by atoms with van der Waals surface area (Å²) < 4.78 is 0. The summed E-state index contributed by atoms with van der Waals surface area (Å²) in [4.78, 5) is 23.0. The molecule has 0 saturated carbocycles. The normalized spacial score (nSPS) is 9.62. The van der Waals surface area contributed by atoms with Gasteiger partial charge in [0.25, 0.3) is 0 Å². The van der Waals surface area contributed by atoms with E-state index in [0.29, 0.717) is 25.9 Å². The van der Waals surface area contributed by atoms with Crippen molar-refractivity contribution in [2.75, 3.05) is 19.6 Å². The molecule has 0 bridgehead atoms. The Balaban J connectivity index is 0.00000400. The predicted octanol–water partition coefficient (Wildman–Crippen LogP) is 0.931. The van der Waals surface area contributed by atoms with Gasteiger partial charge < -0.3 is 16.4 Å². The van der Waals surface area contributed by atoms with E-state index >= 15 is 0 Å². The standard InChI is InChI=1S/C15H23N3O2.ClH/c1-12-3-5-13(6-4-12)7-8-14(19)18-11-15(20)17-10-2-9-16;/h3-6H,2,7-11,16H2,1H3,(H,17,20)(H,18,19);1H. The number of carbonyl (C=O) groups is 2. The fraction of sp³-hybridized carbons (Fsp3) is 0.467. The first-order chi connectivity index (χ1) is 9.61. The average molecular weight is 314 g/mol. The summed E-state index contributed by atoms with van der Waals surface area (Å²) in [7, 11) is 0. The third-order valence-corrected chi connectivity index (χ3v) is 2.91. The Hall–Kier alpha value is -1.59. The number of nitrogens with two attached hydrogens (primary N) is 1. The van der Waals surface area contributed by atoms with E-state index in [0.717, 1.165) is 12.0 Å². The van der Waals surface area contributed by atoms with E-state index in [2.05, 4.69) is 10.6 Å². The van der Waals surface area contributed by atoms with E-state index in [1.165, 1.54) is 5.56 Å². The van der Waals surface area contributed by atoms with E-state index in [1.807, 2.05) is 31.2 Å². The Morgan fingerprint density at radius 1 is 1.10 bits per heavy atom. The smallest absolute Gasteiger partial charge is 0.239 e. The molecule has 1 aromatic rings. The number of benzene rings is 1. The molecule has 0 saturated heterocycles. The van der Waals surface area contributed by atoms with Crippen molar-refractivity contribution in [3.8, 4) is 0 Å². The number of hydrogen-bond acceptors (Lipinski definition) is 3. The van der Waals surface area contributed by atoms with E-state index in [9.17, 15) is 9.59 Å². The first kappa shape index (κ1) is 19.4. The molecule has 4 N–H and O–H groups in total.